The van der Waals surface area contributed by atoms with E-state index in [9.17, 15) is 13.2 Å². The smallest absolute Gasteiger partial charge is 0.319 e. The van der Waals surface area contributed by atoms with E-state index in [0.29, 0.717) is 41.2 Å². The molecule has 1 atom stereocenters. The monoisotopic (exact) mass is 587 g/mol. The highest BCUT2D eigenvalue weighted by Crippen LogP contribution is 2.40. The molecular formula is C27H27Cl2N5O4S. The molecule has 0 aliphatic heterocycles. The number of fused-ring (bicyclic) bond motifs is 3. The van der Waals surface area contributed by atoms with Crippen LogP contribution in [0.3, 0.4) is 0 Å². The second-order valence-electron chi connectivity index (χ2n) is 9.65. The molecule has 0 radical (unpaired) electrons. The third-order valence-electron chi connectivity index (χ3n) is 6.64. The summed E-state index contributed by atoms with van der Waals surface area (Å²) in [6, 6.07) is 9.28. The average molecular weight is 589 g/mol. The maximum Gasteiger partial charge on any atom is 0.319 e. The first kappa shape index (κ1) is 27.2. The van der Waals surface area contributed by atoms with Gasteiger partial charge in [0.2, 0.25) is 5.71 Å². The quantitative estimate of drug-likeness (QED) is 0.174. The number of carbonyl (C=O) groups is 1. The van der Waals surface area contributed by atoms with E-state index in [0.717, 1.165) is 28.7 Å². The summed E-state index contributed by atoms with van der Waals surface area (Å²) in [6.07, 6.45) is 2.08. The van der Waals surface area contributed by atoms with Gasteiger partial charge in [0.05, 0.1) is 28.7 Å². The first-order valence-electron chi connectivity index (χ1n) is 12.4. The molecule has 204 valence electrons. The van der Waals surface area contributed by atoms with E-state index in [-0.39, 0.29) is 21.6 Å². The van der Waals surface area contributed by atoms with Gasteiger partial charge in [-0.25, -0.2) is 18.2 Å². The van der Waals surface area contributed by atoms with Crippen LogP contribution in [-0.4, -0.2) is 24.4 Å². The second-order valence-corrected chi connectivity index (χ2v) is 11.9. The van der Waals surface area contributed by atoms with Gasteiger partial charge in [-0.2, -0.15) is 4.98 Å². The van der Waals surface area contributed by atoms with E-state index in [1.165, 1.54) is 6.07 Å². The number of amides is 2. The molecule has 5 rings (SSSR count). The van der Waals surface area contributed by atoms with Crippen LogP contribution in [0.1, 0.15) is 52.7 Å². The predicted molar refractivity (Wildman–Crippen MR) is 152 cm³/mol. The van der Waals surface area contributed by atoms with Crippen LogP contribution in [0.4, 0.5) is 16.2 Å². The van der Waals surface area contributed by atoms with Crippen molar-refractivity contribution in [2.75, 3.05) is 10.0 Å². The van der Waals surface area contributed by atoms with Crippen molar-refractivity contribution in [3.63, 3.8) is 0 Å². The van der Waals surface area contributed by atoms with Crippen molar-refractivity contribution in [2.45, 2.75) is 56.9 Å². The third kappa shape index (κ3) is 5.54. The van der Waals surface area contributed by atoms with E-state index >= 15 is 0 Å². The number of carbonyl (C=O) groups excluding carboxylic acids is 1. The van der Waals surface area contributed by atoms with Crippen molar-refractivity contribution in [3.8, 4) is 0 Å². The highest BCUT2D eigenvalue weighted by atomic mass is 35.5. The summed E-state index contributed by atoms with van der Waals surface area (Å²) in [5, 5.41) is 6.42. The van der Waals surface area contributed by atoms with Crippen LogP contribution in [0.15, 0.2) is 45.7 Å². The van der Waals surface area contributed by atoms with Crippen LogP contribution in [0, 0.1) is 20.8 Å². The maximum atomic E-state index is 13.4. The molecule has 1 aliphatic carbocycles. The minimum Gasteiger partial charge on any atom is -0.442 e. The molecule has 2 aromatic heterocycles. The zero-order valence-electron chi connectivity index (χ0n) is 21.6. The van der Waals surface area contributed by atoms with Crippen molar-refractivity contribution in [1.29, 1.82) is 0 Å². The first-order valence-corrected chi connectivity index (χ1v) is 14.8. The molecule has 1 unspecified atom stereocenters. The minimum absolute atomic E-state index is 0.0410. The number of hydrogen-bond donors (Lipinski definition) is 3. The number of nitrogens with one attached hydrogen (secondary N) is 3. The molecule has 0 fully saturated rings. The lowest BCUT2D eigenvalue weighted by Crippen LogP contribution is -2.34. The Kier molecular flexibility index (Phi) is 7.45. The Hall–Kier alpha value is -3.34. The number of alkyl halides is 1. The molecule has 0 bridgehead atoms. The SMILES string of the molecule is Cc1ccc(NS(=O)(=O)c2cc(C)ccc2NC(=O)NC2CCCc3oc4nc(CCl)nc(Cl)c4c32)c(C)c1. The summed E-state index contributed by atoms with van der Waals surface area (Å²) in [5.74, 6) is 1.12. The maximum absolute atomic E-state index is 13.4. The molecular weight excluding hydrogens is 561 g/mol. The van der Waals surface area contributed by atoms with Crippen molar-refractivity contribution >= 4 is 61.7 Å². The molecule has 3 N–H and O–H groups in total. The second kappa shape index (κ2) is 10.7. The summed E-state index contributed by atoms with van der Waals surface area (Å²) in [6.45, 7) is 5.56. The Morgan fingerprint density at radius 3 is 2.51 bits per heavy atom. The fourth-order valence-electron chi connectivity index (χ4n) is 4.84. The van der Waals surface area contributed by atoms with Crippen molar-refractivity contribution in [1.82, 2.24) is 15.3 Å². The summed E-state index contributed by atoms with van der Waals surface area (Å²) in [4.78, 5) is 21.7. The van der Waals surface area contributed by atoms with Gasteiger partial charge in [-0.3, -0.25) is 4.72 Å². The molecule has 0 spiro atoms. The summed E-state index contributed by atoms with van der Waals surface area (Å²) in [5.41, 5.74) is 4.22. The highest BCUT2D eigenvalue weighted by molar-refractivity contribution is 7.92. The fourth-order valence-corrected chi connectivity index (χ4v) is 6.61. The number of urea groups is 1. The lowest BCUT2D eigenvalue weighted by molar-refractivity contribution is 0.246. The number of aryl methyl sites for hydroxylation is 4. The predicted octanol–water partition coefficient (Wildman–Crippen LogP) is 6.54. The molecule has 2 amide bonds. The number of aromatic nitrogens is 2. The van der Waals surface area contributed by atoms with Gasteiger partial charge in [-0.15, -0.1) is 11.6 Å². The highest BCUT2D eigenvalue weighted by Gasteiger charge is 2.31. The lowest BCUT2D eigenvalue weighted by atomic mass is 9.92. The number of rotatable bonds is 6. The van der Waals surface area contributed by atoms with Crippen LogP contribution in [0.2, 0.25) is 5.15 Å². The molecule has 0 saturated carbocycles. The normalized spacial score (nSPS) is 15.2. The number of nitrogens with zero attached hydrogens (tertiary/aromatic N) is 2. The summed E-state index contributed by atoms with van der Waals surface area (Å²) < 4.78 is 35.4. The van der Waals surface area contributed by atoms with Gasteiger partial charge < -0.3 is 15.1 Å². The number of sulfonamides is 1. The zero-order chi connectivity index (χ0) is 27.9. The van der Waals surface area contributed by atoms with Gasteiger partial charge in [0.1, 0.15) is 21.6 Å². The van der Waals surface area contributed by atoms with Gasteiger partial charge in [0.15, 0.2) is 0 Å². The van der Waals surface area contributed by atoms with E-state index in [2.05, 4.69) is 25.3 Å². The van der Waals surface area contributed by atoms with Gasteiger partial charge in [0.25, 0.3) is 10.0 Å². The Labute approximate surface area is 236 Å². The van der Waals surface area contributed by atoms with Gasteiger partial charge in [-0.05, 0) is 62.9 Å². The Balaban J connectivity index is 1.41. The van der Waals surface area contributed by atoms with E-state index in [1.54, 1.807) is 25.1 Å². The third-order valence-corrected chi connectivity index (χ3v) is 8.56. The van der Waals surface area contributed by atoms with Crippen LogP contribution in [0.25, 0.3) is 11.1 Å². The van der Waals surface area contributed by atoms with Gasteiger partial charge >= 0.3 is 6.03 Å². The Morgan fingerprint density at radius 2 is 1.79 bits per heavy atom. The zero-order valence-corrected chi connectivity index (χ0v) is 23.9. The van der Waals surface area contributed by atoms with E-state index in [4.69, 9.17) is 27.6 Å². The molecule has 2 aromatic carbocycles. The summed E-state index contributed by atoms with van der Waals surface area (Å²) >= 11 is 12.3. The molecule has 9 nitrogen and oxygen atoms in total. The van der Waals surface area contributed by atoms with Gasteiger partial charge in [0, 0.05) is 12.0 Å². The average Bonchev–Trinajstić information content (AvgIpc) is 3.26. The standard InChI is InChI=1S/C27H27Cl2N5O4S/c1-14-7-9-17(16(3)11-14)34-39(36,37)21-12-15(2)8-10-18(21)30-27(35)31-19-5-4-6-20-23(19)24-25(29)32-22(13-28)33-26(24)38-20/h7-12,19,34H,4-6,13H2,1-3H3,(H2,30,31,35). The van der Waals surface area contributed by atoms with E-state index < -0.39 is 22.1 Å². The Bertz CT molecular complexity index is 1700. The lowest BCUT2D eigenvalue weighted by Gasteiger charge is -2.24. The molecule has 12 heteroatoms. The van der Waals surface area contributed by atoms with Crippen molar-refractivity contribution in [2.24, 2.45) is 0 Å². The number of furan rings is 1. The number of anilines is 2. The van der Waals surface area contributed by atoms with Crippen LogP contribution >= 0.6 is 23.2 Å². The topological polar surface area (TPSA) is 126 Å². The van der Waals surface area contributed by atoms with E-state index in [1.807, 2.05) is 26.0 Å². The van der Waals surface area contributed by atoms with Crippen molar-refractivity contribution in [3.05, 3.63) is 75.4 Å². The summed E-state index contributed by atoms with van der Waals surface area (Å²) in [7, 11) is -4.01. The minimum atomic E-state index is -4.01. The first-order chi connectivity index (χ1) is 18.6. The fraction of sp³-hybridized carbons (Fsp3) is 0.296. The molecule has 1 aliphatic rings. The Morgan fingerprint density at radius 1 is 1.08 bits per heavy atom. The molecule has 2 heterocycles. The number of benzene rings is 2. The van der Waals surface area contributed by atoms with Crippen LogP contribution in [0.5, 0.6) is 0 Å². The number of hydrogen-bond acceptors (Lipinski definition) is 6. The molecule has 0 saturated heterocycles. The molecule has 39 heavy (non-hydrogen) atoms. The van der Waals surface area contributed by atoms with Crippen LogP contribution in [-0.2, 0) is 22.3 Å². The van der Waals surface area contributed by atoms with Crippen molar-refractivity contribution < 1.29 is 17.6 Å². The van der Waals surface area contributed by atoms with Gasteiger partial charge in [-0.1, -0.05) is 35.4 Å². The largest absolute Gasteiger partial charge is 0.442 e. The molecule has 4 aromatic rings. The number of halogens is 2. The van der Waals surface area contributed by atoms with Crippen LogP contribution < -0.4 is 15.4 Å².